The second-order valence-electron chi connectivity index (χ2n) is 18.1. The van der Waals surface area contributed by atoms with Crippen molar-refractivity contribution in [1.29, 1.82) is 0 Å². The smallest absolute Gasteiger partial charge is 0.332 e. The number of aliphatic carboxylic acids is 2. The molecule has 18 heteroatoms. The predicted octanol–water partition coefficient (Wildman–Crippen LogP) is 1.89. The van der Waals surface area contributed by atoms with E-state index >= 15 is 0 Å². The quantitative estimate of drug-likeness (QED) is 0.0818. The Morgan fingerprint density at radius 3 is 1.27 bits per heavy atom. The molecule has 0 spiro atoms. The van der Waals surface area contributed by atoms with Gasteiger partial charge in [-0.25, -0.2) is 9.59 Å². The zero-order chi connectivity index (χ0) is 50.2. The lowest BCUT2D eigenvalue weighted by atomic mass is 9.85. The molecule has 71 heavy (non-hydrogen) atoms. The summed E-state index contributed by atoms with van der Waals surface area (Å²) in [7, 11) is 20.3. The minimum atomic E-state index is -1.23. The molecule has 390 valence electrons. The first-order valence-corrected chi connectivity index (χ1v) is 23.1. The molecule has 0 aliphatic carbocycles. The summed E-state index contributed by atoms with van der Waals surface area (Å²) in [5.74, 6) is 3.07. The van der Waals surface area contributed by atoms with Gasteiger partial charge in [0.2, 0.25) is 11.5 Å². The van der Waals surface area contributed by atoms with Gasteiger partial charge in [0.1, 0.15) is 12.1 Å². The summed E-state index contributed by atoms with van der Waals surface area (Å²) in [5, 5.41) is 21.4. The normalized spacial score (nSPS) is 19.2. The average Bonchev–Trinajstić information content (AvgIpc) is 3.35. The molecule has 0 unspecified atom stereocenters. The molecule has 0 bridgehead atoms. The van der Waals surface area contributed by atoms with Crippen molar-refractivity contribution in [3.63, 3.8) is 0 Å². The number of quaternary nitrogens is 2. The topological polar surface area (TPSA) is 167 Å². The van der Waals surface area contributed by atoms with Crippen molar-refractivity contribution in [3.8, 4) is 57.5 Å². The van der Waals surface area contributed by atoms with Gasteiger partial charge >= 0.3 is 11.9 Å². The highest BCUT2D eigenvalue weighted by molar-refractivity contribution is 5.98. The molecule has 0 radical (unpaired) electrons. The van der Waals surface area contributed by atoms with Crippen LogP contribution in [-0.4, -0.2) is 142 Å². The Hall–Kier alpha value is -5.94. The number of hydrogen-bond donors (Lipinski definition) is 2. The Morgan fingerprint density at radius 2 is 0.859 bits per heavy atom. The van der Waals surface area contributed by atoms with Crippen molar-refractivity contribution in [3.05, 3.63) is 93.1 Å². The van der Waals surface area contributed by atoms with Crippen LogP contribution in [0.25, 0.3) is 0 Å². The molecular weight excluding hydrogens is 959 g/mol. The van der Waals surface area contributed by atoms with Gasteiger partial charge in [-0.2, -0.15) is 0 Å². The molecule has 16 nitrogen and oxygen atoms in total. The van der Waals surface area contributed by atoms with E-state index in [-0.39, 0.29) is 60.9 Å². The summed E-state index contributed by atoms with van der Waals surface area (Å²) in [5.41, 5.74) is 6.05. The highest BCUT2D eigenvalue weighted by atomic mass is 35.5. The SMILES string of the molecule is COc1cc2c(cc1OC)[C@@H](c1cc(OC)c(OC)c(OC)c1)[N@@+](C)(CCC/C(C(=O)O)=C(/CCC[N@@+]1(C)CCc3cc(OC)c(OC)cc3[C@H]1Cc1cc(OC)c(OC)c(OC)c1)C(=O)O)CC2.[Cl-].[Cl-]. The Bertz CT molecular complexity index is 2500. The zero-order valence-electron chi connectivity index (χ0n) is 43.0. The second-order valence-corrected chi connectivity index (χ2v) is 18.1. The molecule has 2 aliphatic rings. The van der Waals surface area contributed by atoms with Crippen LogP contribution in [0.3, 0.4) is 0 Å². The van der Waals surface area contributed by atoms with E-state index in [1.165, 1.54) is 0 Å². The molecule has 4 aromatic rings. The number of hydrogen-bond acceptors (Lipinski definition) is 12. The number of methoxy groups -OCH3 is 10. The van der Waals surface area contributed by atoms with Crippen LogP contribution in [0.15, 0.2) is 59.7 Å². The van der Waals surface area contributed by atoms with E-state index in [1.807, 2.05) is 48.5 Å². The standard InChI is InChI=1S/C53H68N2O14.2ClH/c1-54(21-17-33-26-41(60-3)43(62-5)30-38(33)40(54)23-32-24-45(64-7)50(68-11)46(25-32)65-8)19-13-15-36(52(56)57)37(53(58)59)16-14-20-55(2)22-18-34-27-42(61-4)44(63-6)31-39(34)49(55)35-28-47(66-9)51(69-12)48(29-35)67-10;;/h24-31,40,49H,13-23H2,1-12H3;2*1H/b37-36+;;/t40-,49-,54+,55+;;/m1../s1. The number of likely N-dealkylation sites (N-methyl/N-ethyl adjacent to an activating group) is 2. The number of nitrogens with zero attached hydrogens (tertiary/aromatic N) is 2. The lowest BCUT2D eigenvalue weighted by Gasteiger charge is -2.46. The first-order valence-electron chi connectivity index (χ1n) is 23.1. The van der Waals surface area contributed by atoms with Crippen molar-refractivity contribution in [2.75, 3.05) is 111 Å². The maximum Gasteiger partial charge on any atom is 0.332 e. The van der Waals surface area contributed by atoms with Gasteiger partial charge in [-0.05, 0) is 78.1 Å². The van der Waals surface area contributed by atoms with Crippen molar-refractivity contribution in [2.45, 2.75) is 57.0 Å². The summed E-state index contributed by atoms with van der Waals surface area (Å²) < 4.78 is 58.3. The van der Waals surface area contributed by atoms with Gasteiger partial charge in [0.25, 0.3) is 0 Å². The third-order valence-corrected chi connectivity index (χ3v) is 14.3. The number of rotatable bonds is 23. The Balaban J connectivity index is 0.00000548. The molecule has 0 amide bonds. The summed E-state index contributed by atoms with van der Waals surface area (Å²) in [6, 6.07) is 15.5. The van der Waals surface area contributed by atoms with Gasteiger partial charge in [-0.1, -0.05) is 0 Å². The van der Waals surface area contributed by atoms with Crippen molar-refractivity contribution >= 4 is 11.9 Å². The number of halogens is 2. The minimum absolute atomic E-state index is 0. The third kappa shape index (κ3) is 11.9. The molecule has 0 aromatic heterocycles. The first-order chi connectivity index (χ1) is 33.1. The molecule has 6 rings (SSSR count). The predicted molar refractivity (Wildman–Crippen MR) is 260 cm³/mol. The molecule has 0 saturated heterocycles. The lowest BCUT2D eigenvalue weighted by Crippen LogP contribution is -3.00. The van der Waals surface area contributed by atoms with Crippen LogP contribution in [0.2, 0.25) is 0 Å². The monoisotopic (exact) mass is 1030 g/mol. The number of ether oxygens (including phenoxy) is 10. The first kappa shape index (κ1) is 57.6. The molecule has 2 heterocycles. The average molecular weight is 1030 g/mol. The van der Waals surface area contributed by atoms with E-state index in [9.17, 15) is 19.8 Å². The Morgan fingerprint density at radius 1 is 0.493 bits per heavy atom. The van der Waals surface area contributed by atoms with E-state index < -0.39 is 11.9 Å². The van der Waals surface area contributed by atoms with Crippen molar-refractivity contribution in [1.82, 2.24) is 0 Å². The van der Waals surface area contributed by atoms with Crippen molar-refractivity contribution in [2.24, 2.45) is 0 Å². The van der Waals surface area contributed by atoms with Crippen LogP contribution in [0.4, 0.5) is 0 Å². The van der Waals surface area contributed by atoms with Gasteiger partial charge < -0.3 is 91.4 Å². The molecule has 4 aromatic carbocycles. The third-order valence-electron chi connectivity index (χ3n) is 14.3. The minimum Gasteiger partial charge on any atom is -1.00 e. The Kier molecular flexibility index (Phi) is 20.2. The number of carbonyl (C=O) groups is 2. The van der Waals surface area contributed by atoms with E-state index in [2.05, 4.69) is 14.1 Å². The summed E-state index contributed by atoms with van der Waals surface area (Å²) in [6.07, 6.45) is 3.03. The molecule has 0 fully saturated rings. The van der Waals surface area contributed by atoms with Gasteiger partial charge in [0.15, 0.2) is 46.0 Å². The fraction of sp³-hybridized carbons (Fsp3) is 0.472. The summed E-state index contributed by atoms with van der Waals surface area (Å²) in [6.45, 7) is 2.56. The van der Waals surface area contributed by atoms with E-state index in [4.69, 9.17) is 47.4 Å². The second kappa shape index (κ2) is 24.9. The maximum atomic E-state index is 13.1. The number of carboxylic acid groups (broad SMARTS) is 2. The molecule has 4 atom stereocenters. The highest BCUT2D eigenvalue weighted by Gasteiger charge is 2.43. The maximum absolute atomic E-state index is 13.1. The van der Waals surface area contributed by atoms with E-state index in [0.717, 1.165) is 52.8 Å². The van der Waals surface area contributed by atoms with E-state index in [1.54, 1.807) is 71.1 Å². The van der Waals surface area contributed by atoms with Crippen LogP contribution in [0.1, 0.15) is 71.1 Å². The van der Waals surface area contributed by atoms with Crippen LogP contribution in [0, 0.1) is 0 Å². The van der Waals surface area contributed by atoms with Crippen LogP contribution >= 0.6 is 0 Å². The zero-order valence-corrected chi connectivity index (χ0v) is 44.5. The Labute approximate surface area is 430 Å². The summed E-state index contributed by atoms with van der Waals surface area (Å²) in [4.78, 5) is 26.2. The molecule has 0 saturated carbocycles. The lowest BCUT2D eigenvalue weighted by molar-refractivity contribution is -0.941. The molecule has 2 aliphatic heterocycles. The van der Waals surface area contributed by atoms with Crippen LogP contribution in [-0.2, 0) is 28.9 Å². The number of carboxylic acids is 2. The molecule has 2 N–H and O–H groups in total. The van der Waals surface area contributed by atoms with Gasteiger partial charge in [-0.15, -0.1) is 0 Å². The number of fused-ring (bicyclic) bond motifs is 2. The van der Waals surface area contributed by atoms with Crippen LogP contribution in [0.5, 0.6) is 57.5 Å². The summed E-state index contributed by atoms with van der Waals surface area (Å²) >= 11 is 0. The van der Waals surface area contributed by atoms with Gasteiger partial charge in [0.05, 0.1) is 111 Å². The van der Waals surface area contributed by atoms with Crippen LogP contribution < -0.4 is 72.2 Å². The van der Waals surface area contributed by atoms with Gasteiger partial charge in [-0.3, -0.25) is 0 Å². The fourth-order valence-corrected chi connectivity index (χ4v) is 10.7. The van der Waals surface area contributed by atoms with E-state index in [0.29, 0.717) is 105 Å². The van der Waals surface area contributed by atoms with Gasteiger partial charge in [0, 0.05) is 59.9 Å². The molecular formula is C53H70Cl2N2O14. The largest absolute Gasteiger partial charge is 1.00 e. The fourth-order valence-electron chi connectivity index (χ4n) is 10.7. The highest BCUT2D eigenvalue weighted by Crippen LogP contribution is 2.49. The van der Waals surface area contributed by atoms with Crippen molar-refractivity contribution < 1.29 is 101 Å². The number of benzene rings is 4.